The number of benzene rings is 2. The molecule has 1 aliphatic rings. The predicted octanol–water partition coefficient (Wildman–Crippen LogP) is -1.26. The molecule has 0 unspecified atom stereocenters. The maximum Gasteiger partial charge on any atom is 0.340 e. The molecule has 14 nitrogen and oxygen atoms in total. The Morgan fingerprint density at radius 2 is 1.29 bits per heavy atom. The molecule has 2 aromatic carbocycles. The molecule has 2 aromatic rings. The van der Waals surface area contributed by atoms with E-state index in [-0.39, 0.29) is 0 Å². The molecule has 0 spiro atoms. The molecule has 0 aliphatic carbocycles. The summed E-state index contributed by atoms with van der Waals surface area (Å²) in [5.74, 6) is -7.76. The van der Waals surface area contributed by atoms with Crippen LogP contribution in [-0.4, -0.2) is 95.2 Å². The van der Waals surface area contributed by atoms with E-state index in [9.17, 15) is 55.5 Å². The Balaban J connectivity index is 1.80. The van der Waals surface area contributed by atoms with Crippen molar-refractivity contribution in [1.82, 2.24) is 0 Å². The first-order chi connectivity index (χ1) is 15.9. The molecule has 1 heterocycles. The fourth-order valence-electron chi connectivity index (χ4n) is 3.11. The van der Waals surface area contributed by atoms with Crippen LogP contribution in [0.1, 0.15) is 20.7 Å². The summed E-state index contributed by atoms with van der Waals surface area (Å²) < 4.78 is 15.0. The summed E-state index contributed by atoms with van der Waals surface area (Å²) >= 11 is 0. The van der Waals surface area contributed by atoms with E-state index in [1.807, 2.05) is 0 Å². The van der Waals surface area contributed by atoms with Crippen molar-refractivity contribution in [1.29, 1.82) is 0 Å². The van der Waals surface area contributed by atoms with Gasteiger partial charge in [0.05, 0.1) is 17.7 Å². The van der Waals surface area contributed by atoms with Crippen LogP contribution in [0.2, 0.25) is 0 Å². The first kappa shape index (κ1) is 24.7. The first-order valence-corrected chi connectivity index (χ1v) is 9.43. The third-order valence-corrected chi connectivity index (χ3v) is 5.01. The minimum Gasteiger partial charge on any atom is -0.504 e. The third-order valence-electron chi connectivity index (χ3n) is 5.01. The molecule has 184 valence electrons. The zero-order valence-corrected chi connectivity index (χ0v) is 17.0. The van der Waals surface area contributed by atoms with Crippen LogP contribution in [-0.2, 0) is 14.2 Å². The van der Waals surface area contributed by atoms with E-state index in [0.717, 1.165) is 24.3 Å². The summed E-state index contributed by atoms with van der Waals surface area (Å²) in [6.45, 7) is -1.91. The highest BCUT2D eigenvalue weighted by Crippen LogP contribution is 2.38. The molecule has 14 heteroatoms. The highest BCUT2D eigenvalue weighted by Gasteiger charge is 2.58. The Bertz CT molecular complexity index is 1070. The van der Waals surface area contributed by atoms with Crippen LogP contribution < -0.4 is 0 Å². The summed E-state index contributed by atoms with van der Waals surface area (Å²) in [6, 6.07) is 2.96. The van der Waals surface area contributed by atoms with Crippen LogP contribution in [0, 0.1) is 0 Å². The van der Waals surface area contributed by atoms with Crippen LogP contribution in [0.25, 0.3) is 0 Å². The molecule has 9 N–H and O–H groups in total. The van der Waals surface area contributed by atoms with Crippen molar-refractivity contribution >= 4 is 11.9 Å². The van der Waals surface area contributed by atoms with Gasteiger partial charge in [-0.1, -0.05) is 0 Å². The van der Waals surface area contributed by atoms with E-state index in [2.05, 4.69) is 0 Å². The van der Waals surface area contributed by atoms with Crippen molar-refractivity contribution in [3.63, 3.8) is 0 Å². The maximum atomic E-state index is 12.4. The van der Waals surface area contributed by atoms with Gasteiger partial charge in [0.25, 0.3) is 0 Å². The van der Waals surface area contributed by atoms with Crippen molar-refractivity contribution in [2.24, 2.45) is 0 Å². The van der Waals surface area contributed by atoms with Crippen LogP contribution in [0.5, 0.6) is 34.5 Å². The molecule has 4 atom stereocenters. The smallest absolute Gasteiger partial charge is 0.340 e. The predicted molar refractivity (Wildman–Crippen MR) is 105 cm³/mol. The SMILES string of the molecule is O=C(OC[C@]1(O)[C@@H](OC(=O)c2cc(O)c(O)c(O)c2)O[C@H](CO)[C@H]1O)c1cc(O)c(O)c(O)c1. The molecule has 1 fully saturated rings. The van der Waals surface area contributed by atoms with E-state index in [1.54, 1.807) is 0 Å². The lowest BCUT2D eigenvalue weighted by Gasteiger charge is -2.29. The Labute approximate surface area is 189 Å². The highest BCUT2D eigenvalue weighted by molar-refractivity contribution is 5.92. The zero-order chi connectivity index (χ0) is 25.4. The van der Waals surface area contributed by atoms with Gasteiger partial charge in [-0.15, -0.1) is 0 Å². The lowest BCUT2D eigenvalue weighted by molar-refractivity contribution is -0.193. The van der Waals surface area contributed by atoms with Gasteiger partial charge in [0.15, 0.2) is 40.1 Å². The van der Waals surface area contributed by atoms with Gasteiger partial charge in [-0.3, -0.25) is 0 Å². The summed E-state index contributed by atoms with van der Waals surface area (Å²) in [5.41, 5.74) is -3.57. The number of aliphatic hydroxyl groups is 3. The van der Waals surface area contributed by atoms with Crippen LogP contribution >= 0.6 is 0 Å². The molecule has 1 aliphatic heterocycles. The Hall–Kier alpha value is -3.98. The fraction of sp³-hybridized carbons (Fsp3) is 0.300. The van der Waals surface area contributed by atoms with E-state index in [4.69, 9.17) is 14.2 Å². The van der Waals surface area contributed by atoms with Gasteiger partial charge in [0.2, 0.25) is 6.29 Å². The molecular formula is C20H20O14. The van der Waals surface area contributed by atoms with Crippen molar-refractivity contribution in [2.75, 3.05) is 13.2 Å². The second-order valence-corrected chi connectivity index (χ2v) is 7.33. The van der Waals surface area contributed by atoms with Gasteiger partial charge < -0.3 is 60.2 Å². The molecule has 1 saturated heterocycles. The minimum atomic E-state index is -2.62. The van der Waals surface area contributed by atoms with E-state index in [0.29, 0.717) is 0 Å². The number of carbonyl (C=O) groups excluding carboxylic acids is 2. The zero-order valence-electron chi connectivity index (χ0n) is 17.0. The second-order valence-electron chi connectivity index (χ2n) is 7.33. The van der Waals surface area contributed by atoms with Crippen molar-refractivity contribution in [3.8, 4) is 34.5 Å². The number of esters is 2. The Morgan fingerprint density at radius 3 is 1.74 bits per heavy atom. The summed E-state index contributed by atoms with van der Waals surface area (Å²) in [7, 11) is 0. The molecule has 34 heavy (non-hydrogen) atoms. The molecule has 0 aromatic heterocycles. The minimum absolute atomic E-state index is 0.452. The normalized spacial score (nSPS) is 24.0. The summed E-state index contributed by atoms with van der Waals surface area (Å²) in [5, 5.41) is 87.5. The van der Waals surface area contributed by atoms with Crippen molar-refractivity contribution in [2.45, 2.75) is 24.1 Å². The van der Waals surface area contributed by atoms with E-state index >= 15 is 0 Å². The second kappa shape index (κ2) is 9.11. The average Bonchev–Trinajstić information content (AvgIpc) is 3.03. The number of hydrogen-bond acceptors (Lipinski definition) is 14. The number of ether oxygens (including phenoxy) is 3. The van der Waals surface area contributed by atoms with Gasteiger partial charge in [-0.25, -0.2) is 9.59 Å². The third kappa shape index (κ3) is 4.42. The molecular weight excluding hydrogens is 464 g/mol. The number of rotatable bonds is 6. The van der Waals surface area contributed by atoms with Crippen LogP contribution in [0.4, 0.5) is 0 Å². The van der Waals surface area contributed by atoms with Gasteiger partial charge in [-0.05, 0) is 24.3 Å². The number of hydrogen-bond donors (Lipinski definition) is 9. The number of phenolic OH excluding ortho intramolecular Hbond substituents is 6. The van der Waals surface area contributed by atoms with Crippen LogP contribution in [0.15, 0.2) is 24.3 Å². The number of aromatic hydroxyl groups is 6. The quantitative estimate of drug-likeness (QED) is 0.172. The molecule has 0 amide bonds. The van der Waals surface area contributed by atoms with Gasteiger partial charge in [0.1, 0.15) is 18.8 Å². The highest BCUT2D eigenvalue weighted by atomic mass is 16.7. The molecule has 0 saturated carbocycles. The number of phenols is 6. The van der Waals surface area contributed by atoms with Crippen LogP contribution in [0.3, 0.4) is 0 Å². The molecule has 0 bridgehead atoms. The van der Waals surface area contributed by atoms with Crippen molar-refractivity contribution < 1.29 is 69.8 Å². The lowest BCUT2D eigenvalue weighted by atomic mass is 9.96. The molecule has 0 radical (unpaired) electrons. The monoisotopic (exact) mass is 484 g/mol. The largest absolute Gasteiger partial charge is 0.504 e. The number of carbonyl (C=O) groups is 2. The van der Waals surface area contributed by atoms with Crippen molar-refractivity contribution in [3.05, 3.63) is 35.4 Å². The van der Waals surface area contributed by atoms with Gasteiger partial charge >= 0.3 is 11.9 Å². The standard InChI is InChI=1S/C20H20O14/c21-5-13-16(28)20(31,6-32-17(29)7-1-9(22)14(26)10(23)2-7)19(33-13)34-18(30)8-3-11(24)15(27)12(25)4-8/h1-4,13,16,19,21-28,31H,5-6H2/t13-,16-,19-,20-/m1/s1. The van der Waals surface area contributed by atoms with Gasteiger partial charge in [-0.2, -0.15) is 0 Å². The Kier molecular flexibility index (Phi) is 6.60. The Morgan fingerprint density at radius 1 is 0.853 bits per heavy atom. The molecule has 3 rings (SSSR count). The summed E-state index contributed by atoms with van der Waals surface area (Å²) in [4.78, 5) is 24.7. The number of aliphatic hydroxyl groups excluding tert-OH is 2. The van der Waals surface area contributed by atoms with Gasteiger partial charge in [0, 0.05) is 0 Å². The van der Waals surface area contributed by atoms with E-state index < -0.39 is 94.9 Å². The first-order valence-electron chi connectivity index (χ1n) is 9.43. The summed E-state index contributed by atoms with van der Waals surface area (Å²) in [6.07, 6.45) is -5.45. The topological polar surface area (TPSA) is 244 Å². The van der Waals surface area contributed by atoms with E-state index in [1.165, 1.54) is 0 Å². The lowest BCUT2D eigenvalue weighted by Crippen LogP contribution is -2.54. The fourth-order valence-corrected chi connectivity index (χ4v) is 3.11. The maximum absolute atomic E-state index is 12.4. The average molecular weight is 484 g/mol.